The molecule has 0 radical (unpaired) electrons. The molecule has 0 saturated carbocycles. The second kappa shape index (κ2) is 6.09. The Kier molecular flexibility index (Phi) is 5.49. The second-order valence-electron chi connectivity index (χ2n) is 3.25. The Morgan fingerprint density at radius 3 is 2.00 bits per heavy atom. The highest BCUT2D eigenvalue weighted by molar-refractivity contribution is 6.09. The predicted octanol–water partition coefficient (Wildman–Crippen LogP) is 0.643. The minimum Gasteiger partial charge on any atom is -0.464 e. The van der Waals surface area contributed by atoms with Gasteiger partial charge in [0.15, 0.2) is 11.3 Å². The molecule has 1 amide bonds. The van der Waals surface area contributed by atoms with Crippen molar-refractivity contribution in [3.8, 4) is 0 Å². The number of amides is 1. The molecule has 1 unspecified atom stereocenters. The molecule has 0 aromatic carbocycles. The number of rotatable bonds is 5. The molecule has 0 rings (SSSR count). The van der Waals surface area contributed by atoms with E-state index in [0.717, 1.165) is 0 Å². The highest BCUT2D eigenvalue weighted by Gasteiger charge is 2.41. The van der Waals surface area contributed by atoms with Crippen LogP contribution in [0.25, 0.3) is 0 Å². The van der Waals surface area contributed by atoms with Crippen LogP contribution in [0.2, 0.25) is 0 Å². The smallest absolute Gasteiger partial charge is 0.408 e. The maximum Gasteiger partial charge on any atom is 0.408 e. The van der Waals surface area contributed by atoms with Gasteiger partial charge in [0.2, 0.25) is 0 Å². The Hall–Kier alpha value is -1.59. The van der Waals surface area contributed by atoms with Gasteiger partial charge in [-0.1, -0.05) is 0 Å². The third-order valence-electron chi connectivity index (χ3n) is 2.02. The fraction of sp³-hybridized carbons (Fsp3) is 0.700. The van der Waals surface area contributed by atoms with E-state index in [2.05, 4.69) is 10.1 Å². The predicted molar refractivity (Wildman–Crippen MR) is 55.9 cm³/mol. The average Bonchev–Trinajstić information content (AvgIpc) is 2.17. The van der Waals surface area contributed by atoms with Crippen molar-refractivity contribution in [1.29, 1.82) is 0 Å². The fourth-order valence-corrected chi connectivity index (χ4v) is 0.930. The maximum atomic E-state index is 11.5. The molecule has 6 nitrogen and oxygen atoms in total. The van der Waals surface area contributed by atoms with Gasteiger partial charge in [-0.25, -0.2) is 9.59 Å². The molecule has 0 heterocycles. The third-order valence-corrected chi connectivity index (χ3v) is 2.02. The van der Waals surface area contributed by atoms with Crippen molar-refractivity contribution >= 4 is 17.8 Å². The molecule has 0 aliphatic heterocycles. The van der Waals surface area contributed by atoms with E-state index in [-0.39, 0.29) is 13.2 Å². The number of carbonyl (C=O) groups excluding carboxylic acids is 3. The van der Waals surface area contributed by atoms with Gasteiger partial charge in [-0.3, -0.25) is 10.1 Å². The van der Waals surface area contributed by atoms with E-state index in [4.69, 9.17) is 4.74 Å². The van der Waals surface area contributed by atoms with Gasteiger partial charge in [0.1, 0.15) is 0 Å². The highest BCUT2D eigenvalue weighted by Crippen LogP contribution is 2.09. The second-order valence-corrected chi connectivity index (χ2v) is 3.25. The maximum absolute atomic E-state index is 11.5. The molecule has 1 atom stereocenters. The van der Waals surface area contributed by atoms with Gasteiger partial charge in [-0.05, 0) is 27.7 Å². The first-order valence-electron chi connectivity index (χ1n) is 5.01. The van der Waals surface area contributed by atoms with Crippen LogP contribution in [-0.4, -0.2) is 36.6 Å². The van der Waals surface area contributed by atoms with Crippen molar-refractivity contribution in [2.45, 2.75) is 33.2 Å². The van der Waals surface area contributed by atoms with Gasteiger partial charge in [-0.2, -0.15) is 0 Å². The van der Waals surface area contributed by atoms with Crippen molar-refractivity contribution in [3.05, 3.63) is 0 Å². The van der Waals surface area contributed by atoms with Crippen LogP contribution in [0.3, 0.4) is 0 Å². The Labute approximate surface area is 94.3 Å². The van der Waals surface area contributed by atoms with Gasteiger partial charge in [0.25, 0.3) is 0 Å². The molecular formula is C10H17NO5. The van der Waals surface area contributed by atoms with Gasteiger partial charge < -0.3 is 9.47 Å². The lowest BCUT2D eigenvalue weighted by atomic mass is 9.98. The van der Waals surface area contributed by atoms with E-state index in [9.17, 15) is 14.4 Å². The van der Waals surface area contributed by atoms with E-state index in [1.54, 1.807) is 13.8 Å². The summed E-state index contributed by atoms with van der Waals surface area (Å²) >= 11 is 0. The average molecular weight is 231 g/mol. The number of ketones is 1. The minimum atomic E-state index is -1.69. The first-order valence-corrected chi connectivity index (χ1v) is 5.01. The molecule has 0 aromatic heterocycles. The zero-order chi connectivity index (χ0) is 12.8. The first-order chi connectivity index (χ1) is 7.38. The summed E-state index contributed by atoms with van der Waals surface area (Å²) in [5.74, 6) is -1.31. The molecule has 0 fully saturated rings. The normalized spacial score (nSPS) is 13.5. The van der Waals surface area contributed by atoms with Crippen LogP contribution in [0.4, 0.5) is 4.79 Å². The number of carbonyl (C=O) groups is 3. The summed E-state index contributed by atoms with van der Waals surface area (Å²) in [6, 6.07) is 0. The van der Waals surface area contributed by atoms with E-state index < -0.39 is 23.4 Å². The summed E-state index contributed by atoms with van der Waals surface area (Å²) in [6.07, 6.45) is -0.826. The molecule has 6 heteroatoms. The lowest BCUT2D eigenvalue weighted by Gasteiger charge is -2.24. The van der Waals surface area contributed by atoms with Crippen molar-refractivity contribution in [1.82, 2.24) is 5.32 Å². The SMILES string of the molecule is CCOC(=O)NC(C)(C(C)=O)C(=O)OCC. The summed E-state index contributed by atoms with van der Waals surface area (Å²) in [4.78, 5) is 34.1. The number of alkyl carbamates (subject to hydrolysis) is 1. The lowest BCUT2D eigenvalue weighted by molar-refractivity contribution is -0.153. The lowest BCUT2D eigenvalue weighted by Crippen LogP contribution is -2.57. The van der Waals surface area contributed by atoms with Crippen LogP contribution < -0.4 is 5.32 Å². The molecular weight excluding hydrogens is 214 g/mol. The standard InChI is InChI=1S/C10H17NO5/c1-5-15-8(13)10(4,7(3)12)11-9(14)16-6-2/h5-6H2,1-4H3,(H,11,14). The number of esters is 1. The number of ether oxygens (including phenoxy) is 2. The number of Topliss-reactive ketones (excluding diaryl/α,β-unsaturated/α-hetero) is 1. The molecule has 16 heavy (non-hydrogen) atoms. The molecule has 0 aliphatic rings. The third kappa shape index (κ3) is 3.52. The van der Waals surface area contributed by atoms with Gasteiger partial charge in [0.05, 0.1) is 13.2 Å². The molecule has 92 valence electrons. The molecule has 0 saturated heterocycles. The summed E-state index contributed by atoms with van der Waals surface area (Å²) in [7, 11) is 0. The largest absolute Gasteiger partial charge is 0.464 e. The van der Waals surface area contributed by atoms with E-state index in [0.29, 0.717) is 0 Å². The van der Waals surface area contributed by atoms with Gasteiger partial charge >= 0.3 is 12.1 Å². The zero-order valence-corrected chi connectivity index (χ0v) is 9.96. The van der Waals surface area contributed by atoms with Crippen LogP contribution in [-0.2, 0) is 19.1 Å². The van der Waals surface area contributed by atoms with E-state index in [1.165, 1.54) is 13.8 Å². The molecule has 1 N–H and O–H groups in total. The quantitative estimate of drug-likeness (QED) is 0.554. The Bertz CT molecular complexity index is 289. The number of hydrogen-bond donors (Lipinski definition) is 1. The van der Waals surface area contributed by atoms with E-state index >= 15 is 0 Å². The highest BCUT2D eigenvalue weighted by atomic mass is 16.6. The fourth-order valence-electron chi connectivity index (χ4n) is 0.930. The van der Waals surface area contributed by atoms with Crippen molar-refractivity contribution in [2.75, 3.05) is 13.2 Å². The minimum absolute atomic E-state index is 0.131. The number of nitrogens with one attached hydrogen (secondary N) is 1. The summed E-state index contributed by atoms with van der Waals surface area (Å²) in [5, 5.41) is 2.19. The van der Waals surface area contributed by atoms with Crippen LogP contribution in [0.1, 0.15) is 27.7 Å². The van der Waals surface area contributed by atoms with Crippen molar-refractivity contribution in [2.24, 2.45) is 0 Å². The molecule has 0 spiro atoms. The number of hydrogen-bond acceptors (Lipinski definition) is 5. The van der Waals surface area contributed by atoms with Crippen molar-refractivity contribution < 1.29 is 23.9 Å². The zero-order valence-electron chi connectivity index (χ0n) is 9.96. The Morgan fingerprint density at radius 2 is 1.62 bits per heavy atom. The van der Waals surface area contributed by atoms with Gasteiger partial charge in [-0.15, -0.1) is 0 Å². The monoisotopic (exact) mass is 231 g/mol. The Morgan fingerprint density at radius 1 is 1.12 bits per heavy atom. The van der Waals surface area contributed by atoms with Crippen LogP contribution in [0.5, 0.6) is 0 Å². The Balaban J connectivity index is 4.76. The van der Waals surface area contributed by atoms with Crippen LogP contribution in [0.15, 0.2) is 0 Å². The molecule has 0 aliphatic carbocycles. The van der Waals surface area contributed by atoms with E-state index in [1.807, 2.05) is 0 Å². The summed E-state index contributed by atoms with van der Waals surface area (Å²) in [5.41, 5.74) is -1.69. The first kappa shape index (κ1) is 14.4. The van der Waals surface area contributed by atoms with Crippen LogP contribution in [0, 0.1) is 0 Å². The van der Waals surface area contributed by atoms with Crippen LogP contribution >= 0.6 is 0 Å². The molecule has 0 aromatic rings. The molecule has 0 bridgehead atoms. The van der Waals surface area contributed by atoms with Gasteiger partial charge in [0, 0.05) is 0 Å². The summed E-state index contributed by atoms with van der Waals surface area (Å²) < 4.78 is 9.32. The topological polar surface area (TPSA) is 81.7 Å². The summed E-state index contributed by atoms with van der Waals surface area (Å²) in [6.45, 7) is 6.00. The van der Waals surface area contributed by atoms with Crippen molar-refractivity contribution in [3.63, 3.8) is 0 Å².